The molecule has 77 heavy (non-hydrogen) atoms. The Morgan fingerprint density at radius 1 is 0.805 bits per heavy atom. The molecule has 9 atom stereocenters. The Kier molecular flexibility index (Phi) is 25.3. The lowest BCUT2D eigenvalue weighted by atomic mass is 9.87. The van der Waals surface area contributed by atoms with Gasteiger partial charge in [-0.3, -0.25) is 43.9 Å². The highest BCUT2D eigenvalue weighted by Gasteiger charge is 2.44. The number of nitrogens with zero attached hydrogens (tertiary/aromatic N) is 4. The molecule has 0 saturated carbocycles. The van der Waals surface area contributed by atoms with Crippen LogP contribution in [0.3, 0.4) is 0 Å². The number of unbranched alkanes of at least 4 members (excludes halogenated alkanes) is 3. The van der Waals surface area contributed by atoms with Crippen LogP contribution in [0.25, 0.3) is 10.9 Å². The van der Waals surface area contributed by atoms with Gasteiger partial charge in [-0.15, -0.1) is 0 Å². The fourth-order valence-corrected chi connectivity index (χ4v) is 11.5. The topological polar surface area (TPSA) is 204 Å². The first-order valence-corrected chi connectivity index (χ1v) is 28.3. The van der Waals surface area contributed by atoms with Crippen LogP contribution in [0.1, 0.15) is 124 Å². The van der Waals surface area contributed by atoms with E-state index in [-0.39, 0.29) is 66.9 Å². The summed E-state index contributed by atoms with van der Waals surface area (Å²) in [5.41, 5.74) is 2.76. The number of fused-ring (bicyclic) bond motifs is 1. The van der Waals surface area contributed by atoms with Gasteiger partial charge < -0.3 is 34.7 Å². The maximum atomic E-state index is 14.7. The van der Waals surface area contributed by atoms with Crippen LogP contribution in [0.4, 0.5) is 4.79 Å². The van der Waals surface area contributed by atoms with Gasteiger partial charge in [0.25, 0.3) is 5.91 Å². The molecule has 18 heteroatoms. The number of alkyl carbamates (subject to hydrolysis) is 1. The second-order valence-corrected chi connectivity index (χ2v) is 22.0. The zero-order valence-corrected chi connectivity index (χ0v) is 48.0. The molecule has 2 saturated heterocycles. The van der Waals surface area contributed by atoms with Gasteiger partial charge >= 0.3 is 6.09 Å². The third-order valence-corrected chi connectivity index (χ3v) is 15.8. The van der Waals surface area contributed by atoms with Crippen molar-refractivity contribution in [3.05, 3.63) is 71.9 Å². The molecule has 0 aliphatic carbocycles. The van der Waals surface area contributed by atoms with E-state index in [1.54, 1.807) is 21.1 Å². The Morgan fingerprint density at radius 3 is 2.16 bits per heavy atom. The van der Waals surface area contributed by atoms with E-state index in [9.17, 15) is 28.8 Å². The smallest absolute Gasteiger partial charge is 0.407 e. The van der Waals surface area contributed by atoms with Gasteiger partial charge in [-0.1, -0.05) is 116 Å². The average Bonchev–Trinajstić information content (AvgIpc) is 4.08. The van der Waals surface area contributed by atoms with Gasteiger partial charge in [0.1, 0.15) is 12.6 Å². The number of methoxy groups -OCH3 is 2. The van der Waals surface area contributed by atoms with E-state index >= 15 is 0 Å². The van der Waals surface area contributed by atoms with Crippen molar-refractivity contribution >= 4 is 46.5 Å². The van der Waals surface area contributed by atoms with Crippen molar-refractivity contribution in [1.29, 1.82) is 0 Å². The molecule has 2 aliphatic heterocycles. The molecule has 0 spiro atoms. The van der Waals surface area contributed by atoms with Crippen LogP contribution in [0.15, 0.2) is 60.8 Å². The van der Waals surface area contributed by atoms with Crippen molar-refractivity contribution < 1.29 is 47.8 Å². The Labute approximate surface area is 458 Å². The van der Waals surface area contributed by atoms with Crippen molar-refractivity contribution in [2.75, 3.05) is 61.1 Å². The Balaban J connectivity index is 1.19. The highest BCUT2D eigenvalue weighted by molar-refractivity contribution is 6.00. The molecule has 4 N–H and O–H groups in total. The number of para-hydroxylation sites is 1. The number of rotatable bonds is 30. The van der Waals surface area contributed by atoms with E-state index in [0.29, 0.717) is 45.6 Å². The average molecular weight is 1070 g/mol. The van der Waals surface area contributed by atoms with Gasteiger partial charge in [-0.2, -0.15) is 0 Å². The first kappa shape index (κ1) is 62.4. The number of nitrogens with one attached hydrogen (secondary N) is 4. The second kappa shape index (κ2) is 31.3. The van der Waals surface area contributed by atoms with Crippen molar-refractivity contribution in [2.45, 2.75) is 168 Å². The van der Waals surface area contributed by atoms with Crippen molar-refractivity contribution in [1.82, 2.24) is 40.7 Å². The van der Waals surface area contributed by atoms with E-state index in [4.69, 9.17) is 19.0 Å². The van der Waals surface area contributed by atoms with Crippen LogP contribution in [-0.4, -0.2) is 164 Å². The monoisotopic (exact) mass is 1070 g/mol. The van der Waals surface area contributed by atoms with Gasteiger partial charge in [0, 0.05) is 63.4 Å². The van der Waals surface area contributed by atoms with Gasteiger partial charge in [-0.05, 0) is 94.1 Å². The Hall–Kier alpha value is -5.40. The molecule has 2 aliphatic rings. The fraction of sp³-hybridized carbons (Fsp3) is 0.661. The molecule has 0 unspecified atom stereocenters. The zero-order valence-electron chi connectivity index (χ0n) is 48.0. The summed E-state index contributed by atoms with van der Waals surface area (Å²) in [6, 6.07) is 14.4. The predicted molar refractivity (Wildman–Crippen MR) is 298 cm³/mol. The molecule has 2 aromatic carbocycles. The number of carbonyl (C=O) groups is 6. The number of hydrogen-bond donors (Lipinski definition) is 4. The van der Waals surface area contributed by atoms with Crippen molar-refractivity contribution in [3.8, 4) is 0 Å². The van der Waals surface area contributed by atoms with E-state index in [0.717, 1.165) is 67.0 Å². The van der Waals surface area contributed by atoms with Gasteiger partial charge in [0.05, 0.1) is 49.3 Å². The molecule has 0 bridgehead atoms. The summed E-state index contributed by atoms with van der Waals surface area (Å²) in [7, 11) is 6.94. The number of carbonyl (C=O) groups excluding carboxylic acids is 6. The lowest BCUT2D eigenvalue weighted by Crippen LogP contribution is -2.60. The summed E-state index contributed by atoms with van der Waals surface area (Å²) >= 11 is 0. The number of likely N-dealkylation sites (N-methyl/N-ethyl adjacent to an activating group) is 2. The SMILES string of the molecule is CC[C@H](C)[C@@H]([C@@H](CC(=O)N1CCC[C@H]1[C@H](OC)[C@@H](C)C(=O)N[C@@H](Cc1c[nH]c2ccccc12)C(=O)N1CCCCO1)OC)N(C)[C@H](C(=O)NC(=O)[C@H](C(C)C)N(C)CCCCCCNC(=O)OCc1ccccc1)C(C)C. The van der Waals surface area contributed by atoms with E-state index < -0.39 is 54.3 Å². The number of hydrogen-bond acceptors (Lipinski definition) is 12. The molecule has 1 aromatic heterocycles. The molecule has 428 valence electrons. The first-order chi connectivity index (χ1) is 36.9. The maximum absolute atomic E-state index is 14.7. The third kappa shape index (κ3) is 17.5. The summed E-state index contributed by atoms with van der Waals surface area (Å²) in [5, 5.41) is 11.0. The van der Waals surface area contributed by atoms with E-state index in [2.05, 4.69) is 34.8 Å². The number of hydroxylamine groups is 2. The minimum absolute atomic E-state index is 0.0126. The summed E-state index contributed by atoms with van der Waals surface area (Å²) in [5.74, 6) is -2.61. The van der Waals surface area contributed by atoms with Crippen LogP contribution in [0.5, 0.6) is 0 Å². The lowest BCUT2D eigenvalue weighted by Gasteiger charge is -2.43. The van der Waals surface area contributed by atoms with Crippen LogP contribution < -0.4 is 16.0 Å². The molecule has 2 fully saturated rings. The number of H-pyrrole nitrogens is 1. The number of aromatic amines is 1. The van der Waals surface area contributed by atoms with E-state index in [1.807, 2.05) is 117 Å². The predicted octanol–water partition coefficient (Wildman–Crippen LogP) is 7.25. The van der Waals surface area contributed by atoms with Crippen LogP contribution in [0.2, 0.25) is 0 Å². The number of benzene rings is 2. The standard InChI is InChI=1S/C59H92N8O10/c1-12-41(6)53(65(9)52(40(4)5)57(71)63-56(70)51(39(2)3)64(8)31-21-14-13-20-30-60-59(73)76-38-43-25-16-15-17-26-43)49(74-10)36-50(68)66-32-24-29-48(66)54(75-11)42(7)55(69)62-47(58(72)67-33-22-23-34-77-67)35-44-37-61-46-28-19-18-27-45(44)46/h15-19,25-28,37,39-42,47-49,51-54,61H,12-14,20-24,29-36,38H2,1-11H3,(H,60,73)(H,62,69)(H,63,70,71)/t41-,42+,47-,48-,49+,51-,52-,53-,54+/m0/s1. The molecule has 3 aromatic rings. The minimum atomic E-state index is -0.904. The Bertz CT molecular complexity index is 2320. The minimum Gasteiger partial charge on any atom is -0.445 e. The van der Waals surface area contributed by atoms with Gasteiger partial charge in [-0.25, -0.2) is 9.86 Å². The molecule has 6 amide bonds. The van der Waals surface area contributed by atoms with E-state index in [1.165, 1.54) is 5.06 Å². The molecule has 5 rings (SSSR count). The zero-order chi connectivity index (χ0) is 56.2. The summed E-state index contributed by atoms with van der Waals surface area (Å²) in [4.78, 5) is 98.6. The largest absolute Gasteiger partial charge is 0.445 e. The molecular weight excluding hydrogens is 981 g/mol. The number of amides is 6. The number of imide groups is 1. The quantitative estimate of drug-likeness (QED) is 0.0488. The lowest BCUT2D eigenvalue weighted by molar-refractivity contribution is -0.199. The summed E-state index contributed by atoms with van der Waals surface area (Å²) in [6.45, 7) is 16.5. The fourth-order valence-electron chi connectivity index (χ4n) is 11.5. The molecule has 3 heterocycles. The molecule has 0 radical (unpaired) electrons. The maximum Gasteiger partial charge on any atom is 0.407 e. The molecule has 18 nitrogen and oxygen atoms in total. The van der Waals surface area contributed by atoms with Crippen LogP contribution >= 0.6 is 0 Å². The number of aromatic nitrogens is 1. The van der Waals surface area contributed by atoms with Crippen LogP contribution in [0, 0.1) is 23.7 Å². The highest BCUT2D eigenvalue weighted by atomic mass is 16.7. The van der Waals surface area contributed by atoms with Gasteiger partial charge in [0.2, 0.25) is 23.6 Å². The van der Waals surface area contributed by atoms with Gasteiger partial charge in [0.15, 0.2) is 0 Å². The van der Waals surface area contributed by atoms with Crippen LogP contribution in [-0.2, 0) is 56.0 Å². The molecular formula is C59H92N8O10. The summed E-state index contributed by atoms with van der Waals surface area (Å²) < 4.78 is 17.6. The summed E-state index contributed by atoms with van der Waals surface area (Å²) in [6.07, 6.45) is 7.59. The van der Waals surface area contributed by atoms with Crippen molar-refractivity contribution in [3.63, 3.8) is 0 Å². The third-order valence-electron chi connectivity index (χ3n) is 15.8. The number of ether oxygens (including phenoxy) is 3. The highest BCUT2D eigenvalue weighted by Crippen LogP contribution is 2.31. The second-order valence-electron chi connectivity index (χ2n) is 22.0. The normalized spacial score (nSPS) is 18.2. The Morgan fingerprint density at radius 2 is 1.49 bits per heavy atom. The number of likely N-dealkylation sites (tertiary alicyclic amines) is 1. The first-order valence-electron chi connectivity index (χ1n) is 28.3. The van der Waals surface area contributed by atoms with Crippen molar-refractivity contribution in [2.24, 2.45) is 23.7 Å².